The van der Waals surface area contributed by atoms with Gasteiger partial charge in [0.05, 0.1) is 7.11 Å². The number of sulfonamides is 1. The van der Waals surface area contributed by atoms with Gasteiger partial charge in [-0.25, -0.2) is 13.1 Å². The monoisotopic (exact) mass is 447 g/mol. The highest BCUT2D eigenvalue weighted by Crippen LogP contribution is 2.36. The Balaban J connectivity index is 1.60. The van der Waals surface area contributed by atoms with Gasteiger partial charge in [-0.15, -0.1) is 0 Å². The van der Waals surface area contributed by atoms with Crippen LogP contribution in [0.2, 0.25) is 0 Å². The first-order valence-corrected chi connectivity index (χ1v) is 11.8. The van der Waals surface area contributed by atoms with E-state index in [0.717, 1.165) is 37.3 Å². The third kappa shape index (κ3) is 4.79. The molecule has 2 aromatic rings. The van der Waals surface area contributed by atoms with Crippen LogP contribution in [0, 0.1) is 6.92 Å². The Labute approximate surface area is 183 Å². The summed E-state index contributed by atoms with van der Waals surface area (Å²) < 4.78 is 45.4. The molecule has 0 bridgehead atoms. The molecule has 0 radical (unpaired) electrons. The Morgan fingerprint density at radius 1 is 1.06 bits per heavy atom. The molecule has 1 N–H and O–H groups in total. The van der Waals surface area contributed by atoms with Gasteiger partial charge >= 0.3 is 0 Å². The number of nitrogens with one attached hydrogen (secondary N) is 1. The van der Waals surface area contributed by atoms with E-state index in [9.17, 15) is 8.42 Å². The van der Waals surface area contributed by atoms with Gasteiger partial charge in [0.1, 0.15) is 10.6 Å². The molecule has 2 aliphatic rings. The largest absolute Gasteiger partial charge is 0.495 e. The summed E-state index contributed by atoms with van der Waals surface area (Å²) in [6.07, 6.45) is 0. The number of ether oxygens (including phenoxy) is 3. The molecule has 4 rings (SSSR count). The number of aryl methyl sites for hydroxylation is 1. The van der Waals surface area contributed by atoms with Gasteiger partial charge in [0, 0.05) is 38.8 Å². The van der Waals surface area contributed by atoms with Crippen LogP contribution in [0.3, 0.4) is 0 Å². The highest BCUT2D eigenvalue weighted by molar-refractivity contribution is 7.89. The summed E-state index contributed by atoms with van der Waals surface area (Å²) in [6, 6.07) is 10.8. The van der Waals surface area contributed by atoms with Crippen LogP contribution in [0.4, 0.5) is 0 Å². The zero-order valence-corrected chi connectivity index (χ0v) is 18.9. The van der Waals surface area contributed by atoms with Gasteiger partial charge in [-0.05, 0) is 49.4 Å². The predicted molar refractivity (Wildman–Crippen MR) is 117 cm³/mol. The second kappa shape index (κ2) is 9.04. The molecule has 0 aliphatic carbocycles. The van der Waals surface area contributed by atoms with Crippen molar-refractivity contribution in [1.82, 2.24) is 14.5 Å². The fourth-order valence-corrected chi connectivity index (χ4v) is 5.26. The van der Waals surface area contributed by atoms with E-state index in [-0.39, 0.29) is 24.3 Å². The van der Waals surface area contributed by atoms with Crippen LogP contribution in [0.15, 0.2) is 41.3 Å². The molecule has 168 valence electrons. The molecule has 0 unspecified atom stereocenters. The molecule has 0 saturated carbocycles. The minimum atomic E-state index is -3.76. The van der Waals surface area contributed by atoms with E-state index in [1.807, 2.05) is 31.2 Å². The van der Waals surface area contributed by atoms with Crippen LogP contribution >= 0.6 is 0 Å². The Morgan fingerprint density at radius 3 is 2.55 bits per heavy atom. The van der Waals surface area contributed by atoms with Gasteiger partial charge in [0.25, 0.3) is 0 Å². The maximum absolute atomic E-state index is 13.2. The van der Waals surface area contributed by atoms with E-state index in [2.05, 4.69) is 21.6 Å². The fraction of sp³-hybridized carbons (Fsp3) is 0.455. The van der Waals surface area contributed by atoms with Crippen molar-refractivity contribution in [2.45, 2.75) is 17.9 Å². The summed E-state index contributed by atoms with van der Waals surface area (Å²) in [4.78, 5) is 4.74. The van der Waals surface area contributed by atoms with Crippen molar-refractivity contribution in [2.75, 3.05) is 53.7 Å². The van der Waals surface area contributed by atoms with Crippen molar-refractivity contribution in [3.63, 3.8) is 0 Å². The molecule has 1 atom stereocenters. The van der Waals surface area contributed by atoms with Gasteiger partial charge in [-0.3, -0.25) is 4.90 Å². The van der Waals surface area contributed by atoms with E-state index in [1.54, 1.807) is 12.1 Å². The van der Waals surface area contributed by atoms with E-state index in [4.69, 9.17) is 14.2 Å². The predicted octanol–water partition coefficient (Wildman–Crippen LogP) is 2.00. The minimum absolute atomic E-state index is 0.131. The number of methoxy groups -OCH3 is 1. The van der Waals surface area contributed by atoms with Gasteiger partial charge in [0.2, 0.25) is 16.8 Å². The second-order valence-electron chi connectivity index (χ2n) is 7.97. The van der Waals surface area contributed by atoms with E-state index in [0.29, 0.717) is 17.2 Å². The number of piperazine rings is 1. The third-order valence-electron chi connectivity index (χ3n) is 5.84. The molecule has 0 aromatic heterocycles. The summed E-state index contributed by atoms with van der Waals surface area (Å²) in [7, 11) is -0.185. The molecule has 2 heterocycles. The normalized spacial score (nSPS) is 18.2. The average molecular weight is 448 g/mol. The number of likely N-dealkylation sites (N-methyl/N-ethyl adjacent to an activating group) is 1. The quantitative estimate of drug-likeness (QED) is 0.695. The molecule has 0 spiro atoms. The third-order valence-corrected chi connectivity index (χ3v) is 7.28. The first kappa shape index (κ1) is 21.9. The maximum Gasteiger partial charge on any atom is 0.244 e. The van der Waals surface area contributed by atoms with E-state index in [1.165, 1.54) is 7.11 Å². The van der Waals surface area contributed by atoms with Crippen molar-refractivity contribution in [2.24, 2.45) is 0 Å². The van der Waals surface area contributed by atoms with Crippen LogP contribution in [-0.2, 0) is 10.0 Å². The lowest BCUT2D eigenvalue weighted by Crippen LogP contribution is -2.48. The number of fused-ring (bicyclic) bond motifs is 1. The zero-order valence-electron chi connectivity index (χ0n) is 18.1. The van der Waals surface area contributed by atoms with Crippen LogP contribution in [0.5, 0.6) is 17.2 Å². The van der Waals surface area contributed by atoms with Gasteiger partial charge in [-0.1, -0.05) is 12.1 Å². The topological polar surface area (TPSA) is 80.3 Å². The summed E-state index contributed by atoms with van der Waals surface area (Å²) in [5, 5.41) is 0. The highest BCUT2D eigenvalue weighted by atomic mass is 32.2. The molecule has 1 saturated heterocycles. The minimum Gasteiger partial charge on any atom is -0.495 e. The summed E-state index contributed by atoms with van der Waals surface area (Å²) >= 11 is 0. The fourth-order valence-electron chi connectivity index (χ4n) is 3.97. The summed E-state index contributed by atoms with van der Waals surface area (Å²) in [5.74, 6) is 1.74. The smallest absolute Gasteiger partial charge is 0.244 e. The van der Waals surface area contributed by atoms with Gasteiger partial charge in [0.15, 0.2) is 11.5 Å². The summed E-state index contributed by atoms with van der Waals surface area (Å²) in [5.41, 5.74) is 1.85. The van der Waals surface area contributed by atoms with Crippen molar-refractivity contribution in [3.05, 3.63) is 47.5 Å². The molecule has 31 heavy (non-hydrogen) atoms. The van der Waals surface area contributed by atoms with Crippen molar-refractivity contribution < 1.29 is 22.6 Å². The van der Waals surface area contributed by atoms with Gasteiger partial charge < -0.3 is 19.1 Å². The second-order valence-corrected chi connectivity index (χ2v) is 9.71. The molecule has 1 fully saturated rings. The molecule has 8 nitrogen and oxygen atoms in total. The van der Waals surface area contributed by atoms with Crippen molar-refractivity contribution >= 4 is 10.0 Å². The number of nitrogens with zero attached hydrogens (tertiary/aromatic N) is 2. The van der Waals surface area contributed by atoms with E-state index >= 15 is 0 Å². The number of hydrogen-bond donors (Lipinski definition) is 1. The van der Waals surface area contributed by atoms with Gasteiger partial charge in [-0.2, -0.15) is 0 Å². The number of benzene rings is 2. The SMILES string of the molecule is COc1ccc(C)cc1S(=O)(=O)NC[C@H](c1ccc2c(c1)OCO2)N1CCN(C)CC1. The number of hydrogen-bond acceptors (Lipinski definition) is 7. The van der Waals surface area contributed by atoms with Crippen LogP contribution < -0.4 is 18.9 Å². The van der Waals surface area contributed by atoms with Crippen LogP contribution in [0.1, 0.15) is 17.2 Å². The van der Waals surface area contributed by atoms with Crippen molar-refractivity contribution in [1.29, 1.82) is 0 Å². The lowest BCUT2D eigenvalue weighted by Gasteiger charge is -2.38. The Morgan fingerprint density at radius 2 is 1.81 bits per heavy atom. The molecule has 2 aromatic carbocycles. The molecular formula is C22H29N3O5S. The number of rotatable bonds is 7. The average Bonchev–Trinajstić information content (AvgIpc) is 3.23. The first-order valence-electron chi connectivity index (χ1n) is 10.3. The first-order chi connectivity index (χ1) is 14.9. The van der Waals surface area contributed by atoms with E-state index < -0.39 is 10.0 Å². The lowest BCUT2D eigenvalue weighted by atomic mass is 10.0. The molecular weight excluding hydrogens is 418 g/mol. The standard InChI is InChI=1S/C22H29N3O5S/c1-16-4-6-20(28-3)22(12-16)31(26,27)23-14-18(25-10-8-24(2)9-11-25)17-5-7-19-21(13-17)30-15-29-19/h4-7,12-13,18,23H,8-11,14-15H2,1-3H3/t18-/m1/s1. The Hall–Kier alpha value is -2.33. The summed E-state index contributed by atoms with van der Waals surface area (Å²) in [6.45, 7) is 5.87. The Kier molecular flexibility index (Phi) is 6.38. The lowest BCUT2D eigenvalue weighted by molar-refractivity contribution is 0.112. The Bertz CT molecular complexity index is 1040. The highest BCUT2D eigenvalue weighted by Gasteiger charge is 2.28. The van der Waals surface area contributed by atoms with Crippen molar-refractivity contribution in [3.8, 4) is 17.2 Å². The molecule has 0 amide bonds. The maximum atomic E-state index is 13.2. The molecule has 9 heteroatoms. The van der Waals surface area contributed by atoms with Crippen LogP contribution in [-0.4, -0.2) is 71.9 Å². The zero-order chi connectivity index (χ0) is 22.0. The van der Waals surface area contributed by atoms with Crippen LogP contribution in [0.25, 0.3) is 0 Å². The molecule has 2 aliphatic heterocycles.